The number of carbonyl (C=O) groups is 1. The number of benzene rings is 1. The van der Waals surface area contributed by atoms with Gasteiger partial charge in [-0.25, -0.2) is 4.99 Å². The zero-order valence-corrected chi connectivity index (χ0v) is 21.0. The first-order valence-corrected chi connectivity index (χ1v) is 11.3. The van der Waals surface area contributed by atoms with Gasteiger partial charge in [-0.05, 0) is 37.5 Å². The Morgan fingerprint density at radius 1 is 1.09 bits per heavy atom. The Morgan fingerprint density at radius 3 is 2.53 bits per heavy atom. The maximum atomic E-state index is 12.1. The van der Waals surface area contributed by atoms with Crippen LogP contribution in [-0.2, 0) is 17.9 Å². The molecular formula is C23H33IN6O2. The van der Waals surface area contributed by atoms with Crippen molar-refractivity contribution < 1.29 is 9.32 Å². The third-order valence-corrected chi connectivity index (χ3v) is 5.87. The molecule has 32 heavy (non-hydrogen) atoms. The molecule has 2 fully saturated rings. The number of hydrogen-bond donors (Lipinski definition) is 1. The molecule has 174 valence electrons. The van der Waals surface area contributed by atoms with E-state index in [1.54, 1.807) is 6.26 Å². The molecule has 0 bridgehead atoms. The van der Waals surface area contributed by atoms with Gasteiger partial charge in [0.05, 0.1) is 12.2 Å². The van der Waals surface area contributed by atoms with E-state index in [0.29, 0.717) is 13.0 Å². The topological polar surface area (TPSA) is 77.2 Å². The molecule has 1 amide bonds. The molecule has 3 heterocycles. The van der Waals surface area contributed by atoms with E-state index in [4.69, 9.17) is 9.52 Å². The third-order valence-electron chi connectivity index (χ3n) is 5.87. The number of guanidine groups is 1. The van der Waals surface area contributed by atoms with Crippen molar-refractivity contribution in [1.29, 1.82) is 0 Å². The van der Waals surface area contributed by atoms with Gasteiger partial charge in [0, 0.05) is 64.0 Å². The van der Waals surface area contributed by atoms with E-state index in [1.165, 1.54) is 0 Å². The first kappa shape index (κ1) is 24.5. The lowest BCUT2D eigenvalue weighted by atomic mass is 10.1. The monoisotopic (exact) mass is 552 g/mol. The highest BCUT2D eigenvalue weighted by molar-refractivity contribution is 14.0. The van der Waals surface area contributed by atoms with Crippen molar-refractivity contribution in [2.45, 2.75) is 39.3 Å². The van der Waals surface area contributed by atoms with Crippen LogP contribution >= 0.6 is 24.0 Å². The van der Waals surface area contributed by atoms with Gasteiger partial charge in [0.1, 0.15) is 6.26 Å². The predicted octanol–water partition coefficient (Wildman–Crippen LogP) is 3.09. The van der Waals surface area contributed by atoms with E-state index >= 15 is 0 Å². The Kier molecular flexibility index (Phi) is 9.34. The van der Waals surface area contributed by atoms with Gasteiger partial charge in [0.2, 0.25) is 5.91 Å². The van der Waals surface area contributed by atoms with Gasteiger partial charge in [-0.1, -0.05) is 17.3 Å². The molecule has 2 aliphatic rings. The van der Waals surface area contributed by atoms with Gasteiger partial charge < -0.3 is 19.6 Å². The van der Waals surface area contributed by atoms with Gasteiger partial charge >= 0.3 is 0 Å². The Bertz CT molecular complexity index is 863. The Labute approximate surface area is 207 Å². The maximum Gasteiger partial charge on any atom is 0.226 e. The summed E-state index contributed by atoms with van der Waals surface area (Å²) in [5.41, 5.74) is 3.12. The summed E-state index contributed by atoms with van der Waals surface area (Å²) in [6.45, 7) is 9.00. The molecule has 2 aliphatic heterocycles. The highest BCUT2D eigenvalue weighted by atomic mass is 127. The third kappa shape index (κ3) is 6.44. The lowest BCUT2D eigenvalue weighted by molar-refractivity contribution is -0.119. The van der Waals surface area contributed by atoms with Crippen molar-refractivity contribution in [2.75, 3.05) is 44.2 Å². The molecular weight excluding hydrogens is 519 g/mol. The zero-order chi connectivity index (χ0) is 21.5. The van der Waals surface area contributed by atoms with E-state index in [0.717, 1.165) is 81.6 Å². The molecule has 0 saturated carbocycles. The van der Waals surface area contributed by atoms with E-state index < -0.39 is 0 Å². The number of nitrogens with one attached hydrogen (secondary N) is 1. The first-order valence-electron chi connectivity index (χ1n) is 11.3. The van der Waals surface area contributed by atoms with Crippen LogP contribution in [0.1, 0.15) is 37.4 Å². The van der Waals surface area contributed by atoms with Crippen LogP contribution in [0.15, 0.2) is 46.1 Å². The van der Waals surface area contributed by atoms with Gasteiger partial charge in [0.15, 0.2) is 5.96 Å². The van der Waals surface area contributed by atoms with E-state index in [9.17, 15) is 4.79 Å². The largest absolute Gasteiger partial charge is 0.364 e. The molecule has 1 N–H and O–H groups in total. The Morgan fingerprint density at radius 2 is 1.88 bits per heavy atom. The van der Waals surface area contributed by atoms with E-state index in [2.05, 4.69) is 39.3 Å². The van der Waals surface area contributed by atoms with Crippen LogP contribution in [0.5, 0.6) is 0 Å². The number of piperazine rings is 1. The number of hydrogen-bond acceptors (Lipinski definition) is 5. The summed E-state index contributed by atoms with van der Waals surface area (Å²) in [6, 6.07) is 10.2. The Hall–Kier alpha value is -2.14. The molecule has 0 atom stereocenters. The van der Waals surface area contributed by atoms with Crippen molar-refractivity contribution >= 4 is 41.5 Å². The van der Waals surface area contributed by atoms with Crippen molar-refractivity contribution in [1.82, 2.24) is 20.3 Å². The minimum atomic E-state index is 0. The van der Waals surface area contributed by atoms with Gasteiger partial charge in [-0.3, -0.25) is 9.69 Å². The number of halogens is 1. The average Bonchev–Trinajstić information content (AvgIpc) is 3.31. The molecule has 9 heteroatoms. The van der Waals surface area contributed by atoms with E-state index in [1.807, 2.05) is 23.1 Å². The van der Waals surface area contributed by atoms with Crippen LogP contribution in [0.2, 0.25) is 0 Å². The van der Waals surface area contributed by atoms with Crippen molar-refractivity contribution in [3.05, 3.63) is 47.9 Å². The summed E-state index contributed by atoms with van der Waals surface area (Å²) in [5.74, 6) is 1.19. The van der Waals surface area contributed by atoms with Gasteiger partial charge in [0.25, 0.3) is 0 Å². The second kappa shape index (κ2) is 12.2. The quantitative estimate of drug-likeness (QED) is 0.337. The standard InChI is InChI=1S/C23H32N6O2.HI/c1-2-24-23(28-14-12-27(13-15-28)18-20-10-16-31-26-20)25-17-19-6-8-21(9-7-19)29-11-4-3-5-22(29)30;/h6-10,16H,2-5,11-15,17-18H2,1H3,(H,24,25);1H. The summed E-state index contributed by atoms with van der Waals surface area (Å²) >= 11 is 0. The average molecular weight is 552 g/mol. The van der Waals surface area contributed by atoms with Crippen LogP contribution < -0.4 is 10.2 Å². The highest BCUT2D eigenvalue weighted by Gasteiger charge is 2.21. The first-order chi connectivity index (χ1) is 15.2. The molecule has 0 unspecified atom stereocenters. The predicted molar refractivity (Wildman–Crippen MR) is 136 cm³/mol. The number of aliphatic imine (C=N–C) groups is 1. The molecule has 0 aliphatic carbocycles. The normalized spacial score (nSPS) is 17.9. The van der Waals surface area contributed by atoms with Crippen molar-refractivity contribution in [3.63, 3.8) is 0 Å². The minimum Gasteiger partial charge on any atom is -0.364 e. The maximum absolute atomic E-state index is 12.1. The molecule has 2 saturated heterocycles. The molecule has 4 rings (SSSR count). The summed E-state index contributed by atoms with van der Waals surface area (Å²) < 4.78 is 4.93. The van der Waals surface area contributed by atoms with Crippen molar-refractivity contribution in [2.24, 2.45) is 4.99 Å². The number of amides is 1. The number of carbonyl (C=O) groups excluding carboxylic acids is 1. The molecule has 2 aromatic rings. The number of aromatic nitrogens is 1. The Balaban J connectivity index is 0.00000289. The fraction of sp³-hybridized carbons (Fsp3) is 0.522. The summed E-state index contributed by atoms with van der Waals surface area (Å²) in [6.07, 6.45) is 4.36. The van der Waals surface area contributed by atoms with Crippen LogP contribution in [0.3, 0.4) is 0 Å². The second-order valence-electron chi connectivity index (χ2n) is 8.09. The smallest absolute Gasteiger partial charge is 0.226 e. The fourth-order valence-corrected chi connectivity index (χ4v) is 4.12. The number of piperidine rings is 1. The number of anilines is 1. The minimum absolute atomic E-state index is 0. The molecule has 0 radical (unpaired) electrons. The molecule has 1 aromatic carbocycles. The fourth-order valence-electron chi connectivity index (χ4n) is 4.12. The zero-order valence-electron chi connectivity index (χ0n) is 18.7. The SMILES string of the molecule is CCNC(=NCc1ccc(N2CCCCC2=O)cc1)N1CCN(Cc2ccon2)CC1.I. The van der Waals surface area contributed by atoms with Crippen LogP contribution in [0.25, 0.3) is 0 Å². The highest BCUT2D eigenvalue weighted by Crippen LogP contribution is 2.21. The summed E-state index contributed by atoms with van der Waals surface area (Å²) in [5, 5.41) is 7.44. The van der Waals surface area contributed by atoms with Crippen LogP contribution in [-0.4, -0.2) is 66.1 Å². The van der Waals surface area contributed by atoms with Gasteiger partial charge in [-0.15, -0.1) is 24.0 Å². The van der Waals surface area contributed by atoms with Crippen LogP contribution in [0.4, 0.5) is 5.69 Å². The summed E-state index contributed by atoms with van der Waals surface area (Å²) in [7, 11) is 0. The molecule has 0 spiro atoms. The van der Waals surface area contributed by atoms with E-state index in [-0.39, 0.29) is 29.9 Å². The van der Waals surface area contributed by atoms with Crippen molar-refractivity contribution in [3.8, 4) is 0 Å². The van der Waals surface area contributed by atoms with Crippen LogP contribution in [0, 0.1) is 0 Å². The number of nitrogens with zero attached hydrogens (tertiary/aromatic N) is 5. The lowest BCUT2D eigenvalue weighted by Gasteiger charge is -2.36. The van der Waals surface area contributed by atoms with Gasteiger partial charge in [-0.2, -0.15) is 0 Å². The molecule has 1 aromatic heterocycles. The second-order valence-corrected chi connectivity index (χ2v) is 8.09. The summed E-state index contributed by atoms with van der Waals surface area (Å²) in [4.78, 5) is 23.6. The lowest BCUT2D eigenvalue weighted by Crippen LogP contribution is -2.52. The molecule has 8 nitrogen and oxygen atoms in total. The number of rotatable bonds is 6.